The summed E-state index contributed by atoms with van der Waals surface area (Å²) in [5.41, 5.74) is 1.06. The molecule has 1 aliphatic heterocycles. The molecule has 0 aromatic heterocycles. The zero-order chi connectivity index (χ0) is 18.5. The minimum Gasteiger partial charge on any atom is -0.369 e. The largest absolute Gasteiger partial charge is 0.369 e. The number of benzene rings is 2. The van der Waals surface area contributed by atoms with Crippen LogP contribution in [0.5, 0.6) is 0 Å². The lowest BCUT2D eigenvalue weighted by Gasteiger charge is -2.36. The maximum atomic E-state index is 11.0. The van der Waals surface area contributed by atoms with Crippen LogP contribution in [0.1, 0.15) is 5.56 Å². The molecule has 0 radical (unpaired) electrons. The maximum Gasteiger partial charge on any atom is 0.346 e. The predicted octanol–water partition coefficient (Wildman–Crippen LogP) is 2.87. The zero-order valence-electron chi connectivity index (χ0n) is 14.3. The molecule has 3 rings (SSSR count). The smallest absolute Gasteiger partial charge is 0.346 e. The fourth-order valence-corrected chi connectivity index (χ4v) is 3.18. The summed E-state index contributed by atoms with van der Waals surface area (Å²) in [6.07, 6.45) is 0.629. The lowest BCUT2D eigenvalue weighted by Crippen LogP contribution is -2.46. The molecule has 1 aliphatic rings. The van der Waals surface area contributed by atoms with Gasteiger partial charge in [-0.15, -0.1) is 0 Å². The van der Waals surface area contributed by atoms with Crippen LogP contribution in [0, 0.1) is 20.2 Å². The van der Waals surface area contributed by atoms with E-state index < -0.39 is 21.2 Å². The van der Waals surface area contributed by atoms with Crippen molar-refractivity contribution in [3.63, 3.8) is 0 Å². The molecule has 0 amide bonds. The molecule has 0 unspecified atom stereocenters. The summed E-state index contributed by atoms with van der Waals surface area (Å²) in [4.78, 5) is 25.2. The third-order valence-corrected chi connectivity index (χ3v) is 4.64. The van der Waals surface area contributed by atoms with Gasteiger partial charge in [0.25, 0.3) is 0 Å². The molecule has 1 heterocycles. The predicted molar refractivity (Wildman–Crippen MR) is 98.5 cm³/mol. The Morgan fingerprint density at radius 2 is 1.50 bits per heavy atom. The van der Waals surface area contributed by atoms with Gasteiger partial charge in [0.1, 0.15) is 0 Å². The van der Waals surface area contributed by atoms with Gasteiger partial charge in [-0.05, 0) is 24.1 Å². The monoisotopic (exact) mass is 356 g/mol. The van der Waals surface area contributed by atoms with E-state index in [1.54, 1.807) is 6.07 Å². The SMILES string of the molecule is O=[N+]([O-])c1ccc(CCN2CCN(c3ccccc3)CC2)cc1[N+](=O)[O-]. The molecule has 0 aliphatic carbocycles. The van der Waals surface area contributed by atoms with Crippen molar-refractivity contribution in [2.45, 2.75) is 6.42 Å². The van der Waals surface area contributed by atoms with E-state index in [2.05, 4.69) is 21.9 Å². The third kappa shape index (κ3) is 4.15. The van der Waals surface area contributed by atoms with Crippen molar-refractivity contribution >= 4 is 17.1 Å². The molecule has 26 heavy (non-hydrogen) atoms. The Morgan fingerprint density at radius 1 is 0.846 bits per heavy atom. The minimum absolute atomic E-state index is 0.443. The van der Waals surface area contributed by atoms with Gasteiger partial charge in [-0.1, -0.05) is 24.3 Å². The van der Waals surface area contributed by atoms with Crippen LogP contribution in [0.25, 0.3) is 0 Å². The lowest BCUT2D eigenvalue weighted by molar-refractivity contribution is -0.422. The summed E-state index contributed by atoms with van der Waals surface area (Å²) in [5, 5.41) is 21.9. The van der Waals surface area contributed by atoms with Crippen molar-refractivity contribution in [1.82, 2.24) is 4.90 Å². The van der Waals surface area contributed by atoms with Crippen LogP contribution in [0.4, 0.5) is 17.1 Å². The number of para-hydroxylation sites is 1. The molecular weight excluding hydrogens is 336 g/mol. The Balaban J connectivity index is 1.56. The maximum absolute atomic E-state index is 11.0. The molecule has 0 spiro atoms. The summed E-state index contributed by atoms with van der Waals surface area (Å²) in [7, 11) is 0. The highest BCUT2D eigenvalue weighted by molar-refractivity contribution is 5.54. The topological polar surface area (TPSA) is 92.8 Å². The number of hydrogen-bond donors (Lipinski definition) is 0. The first kappa shape index (κ1) is 17.8. The molecule has 0 atom stereocenters. The van der Waals surface area contributed by atoms with Crippen molar-refractivity contribution in [3.8, 4) is 0 Å². The van der Waals surface area contributed by atoms with E-state index in [1.165, 1.54) is 17.8 Å². The summed E-state index contributed by atoms with van der Waals surface area (Å²) < 4.78 is 0. The van der Waals surface area contributed by atoms with Gasteiger partial charge in [-0.3, -0.25) is 25.1 Å². The molecule has 0 saturated carbocycles. The van der Waals surface area contributed by atoms with E-state index in [1.807, 2.05) is 18.2 Å². The molecule has 2 aromatic rings. The first-order valence-electron chi connectivity index (χ1n) is 8.48. The number of anilines is 1. The number of nitro benzene ring substituents is 2. The van der Waals surface area contributed by atoms with Crippen LogP contribution in [0.3, 0.4) is 0 Å². The van der Waals surface area contributed by atoms with Crippen LogP contribution in [0.15, 0.2) is 48.5 Å². The van der Waals surface area contributed by atoms with Gasteiger partial charge in [-0.25, -0.2) is 0 Å². The Labute approximate surface area is 150 Å². The van der Waals surface area contributed by atoms with Gasteiger partial charge in [0.15, 0.2) is 0 Å². The standard InChI is InChI=1S/C18H20N4O4/c23-21(24)17-7-6-15(14-18(17)22(25)26)8-9-19-10-12-20(13-11-19)16-4-2-1-3-5-16/h1-7,14H,8-13H2. The lowest BCUT2D eigenvalue weighted by atomic mass is 10.1. The summed E-state index contributed by atoms with van der Waals surface area (Å²) in [6.45, 7) is 4.49. The molecule has 8 heteroatoms. The highest BCUT2D eigenvalue weighted by Gasteiger charge is 2.24. The highest BCUT2D eigenvalue weighted by Crippen LogP contribution is 2.27. The summed E-state index contributed by atoms with van der Waals surface area (Å²) in [6, 6.07) is 14.4. The van der Waals surface area contributed by atoms with Crippen molar-refractivity contribution in [2.75, 3.05) is 37.6 Å². The number of hydrogen-bond acceptors (Lipinski definition) is 6. The number of nitro groups is 2. The van der Waals surface area contributed by atoms with Crippen molar-refractivity contribution in [1.29, 1.82) is 0 Å². The Morgan fingerprint density at radius 3 is 2.12 bits per heavy atom. The van der Waals surface area contributed by atoms with E-state index in [0.29, 0.717) is 6.42 Å². The average Bonchev–Trinajstić information content (AvgIpc) is 2.67. The van der Waals surface area contributed by atoms with E-state index in [9.17, 15) is 20.2 Å². The second kappa shape index (κ2) is 7.92. The Bertz CT molecular complexity index is 789. The molecule has 0 bridgehead atoms. The molecule has 2 aromatic carbocycles. The van der Waals surface area contributed by atoms with Crippen molar-refractivity contribution in [3.05, 3.63) is 74.3 Å². The van der Waals surface area contributed by atoms with Crippen molar-refractivity contribution in [2.24, 2.45) is 0 Å². The molecule has 0 N–H and O–H groups in total. The van der Waals surface area contributed by atoms with Gasteiger partial charge in [-0.2, -0.15) is 0 Å². The second-order valence-electron chi connectivity index (χ2n) is 6.25. The zero-order valence-corrected chi connectivity index (χ0v) is 14.3. The minimum atomic E-state index is -0.718. The Hall–Kier alpha value is -3.00. The van der Waals surface area contributed by atoms with Gasteiger partial charge >= 0.3 is 11.4 Å². The quantitative estimate of drug-likeness (QED) is 0.584. The van der Waals surface area contributed by atoms with Crippen molar-refractivity contribution < 1.29 is 9.85 Å². The fourth-order valence-electron chi connectivity index (χ4n) is 3.18. The molecule has 1 saturated heterocycles. The third-order valence-electron chi connectivity index (χ3n) is 4.64. The van der Waals surface area contributed by atoms with Crippen LogP contribution >= 0.6 is 0 Å². The van der Waals surface area contributed by atoms with Crippen LogP contribution in [-0.2, 0) is 6.42 Å². The highest BCUT2D eigenvalue weighted by atomic mass is 16.6. The molecular formula is C18H20N4O4. The Kier molecular flexibility index (Phi) is 5.43. The van der Waals surface area contributed by atoms with Crippen LogP contribution < -0.4 is 4.90 Å². The van der Waals surface area contributed by atoms with E-state index >= 15 is 0 Å². The first-order chi connectivity index (χ1) is 12.5. The first-order valence-corrected chi connectivity index (χ1v) is 8.48. The molecule has 8 nitrogen and oxygen atoms in total. The van der Waals surface area contributed by atoms with E-state index in [-0.39, 0.29) is 0 Å². The van der Waals surface area contributed by atoms with Crippen LogP contribution in [0.2, 0.25) is 0 Å². The van der Waals surface area contributed by atoms with E-state index in [0.717, 1.165) is 38.3 Å². The van der Waals surface area contributed by atoms with Crippen LogP contribution in [-0.4, -0.2) is 47.5 Å². The van der Waals surface area contributed by atoms with Gasteiger partial charge in [0.05, 0.1) is 9.85 Å². The number of piperazine rings is 1. The molecule has 1 fully saturated rings. The van der Waals surface area contributed by atoms with Gasteiger partial charge < -0.3 is 4.90 Å². The fraction of sp³-hybridized carbons (Fsp3) is 0.333. The normalized spacial score (nSPS) is 15.0. The average molecular weight is 356 g/mol. The number of nitrogens with zero attached hydrogens (tertiary/aromatic N) is 4. The van der Waals surface area contributed by atoms with Gasteiger partial charge in [0.2, 0.25) is 0 Å². The molecule has 136 valence electrons. The van der Waals surface area contributed by atoms with E-state index in [4.69, 9.17) is 0 Å². The summed E-state index contributed by atoms with van der Waals surface area (Å²) in [5.74, 6) is 0. The number of rotatable bonds is 6. The second-order valence-corrected chi connectivity index (χ2v) is 6.25. The summed E-state index contributed by atoms with van der Waals surface area (Å²) >= 11 is 0. The van der Waals surface area contributed by atoms with Gasteiger partial charge in [0, 0.05) is 50.5 Å².